The van der Waals surface area contributed by atoms with Gasteiger partial charge in [0.15, 0.2) is 0 Å². The van der Waals surface area contributed by atoms with E-state index >= 15 is 0 Å². The summed E-state index contributed by atoms with van der Waals surface area (Å²) < 4.78 is 1.48. The van der Waals surface area contributed by atoms with E-state index in [9.17, 15) is 24.6 Å². The van der Waals surface area contributed by atoms with E-state index in [0.29, 0.717) is 27.5 Å². The second kappa shape index (κ2) is 5.01. The summed E-state index contributed by atoms with van der Waals surface area (Å²) in [6.45, 7) is 0. The van der Waals surface area contributed by atoms with Crippen LogP contribution in [-0.2, 0) is 0 Å². The standard InChI is InChI=1S/C20H10N2O5/c23-18-10-6-8-12(20(26)27)16-11(19(24)25)7-5-9(15(10)16)17-21-13-3-1-2-4-14(13)22(17)18/h1-8H,(H,24,25)(H,26,27). The normalized spacial score (nSPS) is 11.7. The minimum absolute atomic E-state index is 0.0386. The molecule has 0 unspecified atom stereocenters. The number of carboxylic acids is 2. The van der Waals surface area contributed by atoms with Crippen molar-refractivity contribution in [2.45, 2.75) is 0 Å². The van der Waals surface area contributed by atoms with Crippen LogP contribution in [0.1, 0.15) is 20.7 Å². The molecule has 0 saturated carbocycles. The fourth-order valence-corrected chi connectivity index (χ4v) is 3.75. The molecule has 0 amide bonds. The number of pyridine rings is 1. The van der Waals surface area contributed by atoms with Crippen molar-refractivity contribution in [2.24, 2.45) is 0 Å². The first-order valence-electron chi connectivity index (χ1n) is 8.08. The topological polar surface area (TPSA) is 109 Å². The molecule has 0 radical (unpaired) electrons. The van der Waals surface area contributed by atoms with Gasteiger partial charge in [0.1, 0.15) is 5.65 Å². The summed E-state index contributed by atoms with van der Waals surface area (Å²) >= 11 is 0. The van der Waals surface area contributed by atoms with Gasteiger partial charge in [-0.05, 0) is 36.4 Å². The maximum absolute atomic E-state index is 13.2. The highest BCUT2D eigenvalue weighted by molar-refractivity contribution is 6.24. The molecule has 7 nitrogen and oxygen atoms in total. The van der Waals surface area contributed by atoms with Crippen molar-refractivity contribution in [2.75, 3.05) is 0 Å². The van der Waals surface area contributed by atoms with Crippen LogP contribution in [0.25, 0.3) is 38.2 Å². The molecule has 7 heteroatoms. The van der Waals surface area contributed by atoms with Crippen molar-refractivity contribution in [3.8, 4) is 0 Å². The minimum Gasteiger partial charge on any atom is -0.478 e. The Morgan fingerprint density at radius 2 is 1.44 bits per heavy atom. The van der Waals surface area contributed by atoms with Crippen LogP contribution in [0.3, 0.4) is 0 Å². The van der Waals surface area contributed by atoms with Gasteiger partial charge < -0.3 is 10.2 Å². The molecule has 5 rings (SSSR count). The zero-order chi connectivity index (χ0) is 18.9. The molecule has 0 atom stereocenters. The summed E-state index contributed by atoms with van der Waals surface area (Å²) in [7, 11) is 0. The number of imidazole rings is 1. The highest BCUT2D eigenvalue weighted by Gasteiger charge is 2.23. The van der Waals surface area contributed by atoms with E-state index in [1.54, 1.807) is 24.3 Å². The van der Waals surface area contributed by atoms with Crippen molar-refractivity contribution in [3.63, 3.8) is 0 Å². The van der Waals surface area contributed by atoms with Crippen molar-refractivity contribution in [1.29, 1.82) is 0 Å². The van der Waals surface area contributed by atoms with Gasteiger partial charge in [-0.2, -0.15) is 0 Å². The number of hydrogen-bond donors (Lipinski definition) is 2. The second-order valence-electron chi connectivity index (χ2n) is 6.25. The number of para-hydroxylation sites is 2. The molecule has 0 spiro atoms. The van der Waals surface area contributed by atoms with E-state index in [1.165, 1.54) is 22.6 Å². The Kier molecular flexibility index (Phi) is 2.83. The van der Waals surface area contributed by atoms with Crippen molar-refractivity contribution >= 4 is 50.2 Å². The Bertz CT molecular complexity index is 1480. The van der Waals surface area contributed by atoms with Gasteiger partial charge in [0.2, 0.25) is 0 Å². The largest absolute Gasteiger partial charge is 0.478 e. The van der Waals surface area contributed by atoms with Gasteiger partial charge in [0.05, 0.1) is 22.2 Å². The van der Waals surface area contributed by atoms with Gasteiger partial charge in [-0.3, -0.25) is 9.20 Å². The first kappa shape index (κ1) is 15.3. The quantitative estimate of drug-likeness (QED) is 0.502. The lowest BCUT2D eigenvalue weighted by molar-refractivity contribution is 0.0695. The molecule has 0 fully saturated rings. The summed E-state index contributed by atoms with van der Waals surface area (Å²) in [6.07, 6.45) is 0. The number of carboxylic acid groups (broad SMARTS) is 2. The summed E-state index contributed by atoms with van der Waals surface area (Å²) in [5.74, 6) is -2.51. The lowest BCUT2D eigenvalue weighted by atomic mass is 9.94. The van der Waals surface area contributed by atoms with Gasteiger partial charge in [0, 0.05) is 21.5 Å². The van der Waals surface area contributed by atoms with Crippen LogP contribution >= 0.6 is 0 Å². The van der Waals surface area contributed by atoms with Gasteiger partial charge in [-0.25, -0.2) is 14.6 Å². The van der Waals surface area contributed by atoms with Crippen LogP contribution in [0.15, 0.2) is 53.3 Å². The first-order chi connectivity index (χ1) is 13.0. The Labute approximate surface area is 150 Å². The maximum Gasteiger partial charge on any atom is 0.336 e. The number of hydrogen-bond acceptors (Lipinski definition) is 4. The van der Waals surface area contributed by atoms with Crippen LogP contribution in [0, 0.1) is 0 Å². The van der Waals surface area contributed by atoms with Crippen LogP contribution in [-0.4, -0.2) is 31.5 Å². The summed E-state index contributed by atoms with van der Waals surface area (Å²) in [5.41, 5.74) is 0.952. The number of carbonyl (C=O) groups is 2. The highest BCUT2D eigenvalue weighted by Crippen LogP contribution is 2.34. The second-order valence-corrected chi connectivity index (χ2v) is 6.25. The lowest BCUT2D eigenvalue weighted by Gasteiger charge is -2.11. The molecule has 2 aromatic heterocycles. The summed E-state index contributed by atoms with van der Waals surface area (Å²) in [4.78, 5) is 41.1. The molecule has 0 saturated heterocycles. The number of rotatable bonds is 2. The fraction of sp³-hybridized carbons (Fsp3) is 0. The van der Waals surface area contributed by atoms with E-state index in [1.807, 2.05) is 6.07 Å². The predicted octanol–water partition coefficient (Wildman–Crippen LogP) is 2.99. The SMILES string of the molecule is O=C(O)c1ccc2c(=O)n3c4ccccc4nc3c3ccc(C(=O)O)c1c23. The van der Waals surface area contributed by atoms with E-state index in [2.05, 4.69) is 4.98 Å². The van der Waals surface area contributed by atoms with Crippen molar-refractivity contribution in [1.82, 2.24) is 9.38 Å². The highest BCUT2D eigenvalue weighted by atomic mass is 16.4. The molecule has 3 aromatic carbocycles. The van der Waals surface area contributed by atoms with E-state index < -0.39 is 11.9 Å². The molecule has 0 aliphatic heterocycles. The number of aromatic carboxylic acids is 2. The number of benzene rings is 3. The van der Waals surface area contributed by atoms with Crippen LogP contribution in [0.2, 0.25) is 0 Å². The lowest BCUT2D eigenvalue weighted by Crippen LogP contribution is -2.15. The third-order valence-corrected chi connectivity index (χ3v) is 4.86. The molecular formula is C20H10N2O5. The molecule has 27 heavy (non-hydrogen) atoms. The van der Waals surface area contributed by atoms with Crippen LogP contribution < -0.4 is 5.56 Å². The van der Waals surface area contributed by atoms with Crippen LogP contribution in [0.5, 0.6) is 0 Å². The first-order valence-corrected chi connectivity index (χ1v) is 8.08. The molecule has 5 aromatic rings. The van der Waals surface area contributed by atoms with Gasteiger partial charge in [-0.15, -0.1) is 0 Å². The number of fused-ring (bicyclic) bond motifs is 4. The molecular weight excluding hydrogens is 348 g/mol. The molecule has 0 aliphatic rings. The Morgan fingerprint density at radius 3 is 2.11 bits per heavy atom. The molecule has 2 heterocycles. The van der Waals surface area contributed by atoms with E-state index in [4.69, 9.17) is 0 Å². The molecule has 2 N–H and O–H groups in total. The smallest absolute Gasteiger partial charge is 0.336 e. The zero-order valence-electron chi connectivity index (χ0n) is 13.6. The molecule has 0 aliphatic carbocycles. The zero-order valence-corrected chi connectivity index (χ0v) is 13.6. The van der Waals surface area contributed by atoms with E-state index in [0.717, 1.165) is 0 Å². The Morgan fingerprint density at radius 1 is 0.815 bits per heavy atom. The third-order valence-electron chi connectivity index (χ3n) is 4.86. The molecule has 130 valence electrons. The van der Waals surface area contributed by atoms with E-state index in [-0.39, 0.29) is 27.5 Å². The summed E-state index contributed by atoms with van der Waals surface area (Å²) in [6, 6.07) is 12.8. The fourth-order valence-electron chi connectivity index (χ4n) is 3.75. The Balaban J connectivity index is 2.17. The van der Waals surface area contributed by atoms with Crippen molar-refractivity contribution in [3.05, 3.63) is 70.0 Å². The monoisotopic (exact) mass is 358 g/mol. The number of aromatic nitrogens is 2. The predicted molar refractivity (Wildman–Crippen MR) is 99.1 cm³/mol. The van der Waals surface area contributed by atoms with Gasteiger partial charge in [-0.1, -0.05) is 12.1 Å². The molecule has 0 bridgehead atoms. The van der Waals surface area contributed by atoms with Crippen molar-refractivity contribution < 1.29 is 19.8 Å². The van der Waals surface area contributed by atoms with Crippen LogP contribution in [0.4, 0.5) is 0 Å². The maximum atomic E-state index is 13.2. The average Bonchev–Trinajstić information content (AvgIpc) is 3.04. The number of nitrogens with zero attached hydrogens (tertiary/aromatic N) is 2. The summed E-state index contributed by atoms with van der Waals surface area (Å²) in [5, 5.41) is 20.2. The third kappa shape index (κ3) is 1.85. The Hall–Kier alpha value is -4.00. The minimum atomic E-state index is -1.26. The van der Waals surface area contributed by atoms with Gasteiger partial charge >= 0.3 is 11.9 Å². The average molecular weight is 358 g/mol. The van der Waals surface area contributed by atoms with Gasteiger partial charge in [0.25, 0.3) is 5.56 Å².